The molecule has 0 N–H and O–H groups in total. The Morgan fingerprint density at radius 3 is 2.63 bits per heavy atom. The van der Waals surface area contributed by atoms with Crippen LogP contribution in [-0.2, 0) is 6.54 Å². The highest BCUT2D eigenvalue weighted by Gasteiger charge is 2.09. The standard InChI is InChI=1S/C15H12Cl2N2/c1-19(15-5-3-2-4-11(15)9-18)10-12-8-13(16)6-7-14(12)17/h2-8H,10H2,1H3. The molecule has 0 heterocycles. The Morgan fingerprint density at radius 2 is 1.89 bits per heavy atom. The average molecular weight is 291 g/mol. The number of halogens is 2. The minimum Gasteiger partial charge on any atom is -0.369 e. The van der Waals surface area contributed by atoms with Crippen molar-refractivity contribution < 1.29 is 0 Å². The topological polar surface area (TPSA) is 27.0 Å². The van der Waals surface area contributed by atoms with Gasteiger partial charge in [0.2, 0.25) is 0 Å². The van der Waals surface area contributed by atoms with Crippen molar-refractivity contribution in [2.24, 2.45) is 0 Å². The van der Waals surface area contributed by atoms with E-state index >= 15 is 0 Å². The lowest BCUT2D eigenvalue weighted by Gasteiger charge is -2.21. The van der Waals surface area contributed by atoms with Crippen LogP contribution in [0.3, 0.4) is 0 Å². The molecule has 0 spiro atoms. The van der Waals surface area contributed by atoms with Crippen molar-refractivity contribution in [2.75, 3.05) is 11.9 Å². The minimum atomic E-state index is 0.595. The summed E-state index contributed by atoms with van der Waals surface area (Å²) in [5.41, 5.74) is 2.45. The molecule has 2 aromatic rings. The first-order valence-corrected chi connectivity index (χ1v) is 6.51. The maximum atomic E-state index is 9.11. The number of anilines is 1. The van der Waals surface area contributed by atoms with Crippen molar-refractivity contribution in [1.82, 2.24) is 0 Å². The molecular weight excluding hydrogens is 279 g/mol. The molecule has 0 saturated heterocycles. The van der Waals surface area contributed by atoms with E-state index in [4.69, 9.17) is 28.5 Å². The molecule has 0 bridgehead atoms. The van der Waals surface area contributed by atoms with E-state index in [1.54, 1.807) is 18.2 Å². The van der Waals surface area contributed by atoms with Gasteiger partial charge in [0.25, 0.3) is 0 Å². The van der Waals surface area contributed by atoms with Gasteiger partial charge in [-0.25, -0.2) is 0 Å². The van der Waals surface area contributed by atoms with Crippen LogP contribution < -0.4 is 4.90 Å². The summed E-state index contributed by atoms with van der Waals surface area (Å²) in [4.78, 5) is 1.98. The molecule has 2 aromatic carbocycles. The van der Waals surface area contributed by atoms with Crippen LogP contribution in [0, 0.1) is 11.3 Å². The Hall–Kier alpha value is -1.69. The first-order chi connectivity index (χ1) is 9.11. The summed E-state index contributed by atoms with van der Waals surface area (Å²) < 4.78 is 0. The second-order valence-electron chi connectivity index (χ2n) is 4.22. The van der Waals surface area contributed by atoms with Gasteiger partial charge in [-0.15, -0.1) is 0 Å². The van der Waals surface area contributed by atoms with Gasteiger partial charge in [0.1, 0.15) is 6.07 Å². The number of nitriles is 1. The van der Waals surface area contributed by atoms with Gasteiger partial charge in [0.05, 0.1) is 11.3 Å². The lowest BCUT2D eigenvalue weighted by molar-refractivity contribution is 0.921. The number of benzene rings is 2. The summed E-state index contributed by atoms with van der Waals surface area (Å²) in [6.07, 6.45) is 0. The summed E-state index contributed by atoms with van der Waals surface area (Å²) in [5, 5.41) is 10.4. The summed E-state index contributed by atoms with van der Waals surface area (Å²) in [6.45, 7) is 0.595. The van der Waals surface area contributed by atoms with E-state index in [2.05, 4.69) is 6.07 Å². The Morgan fingerprint density at radius 1 is 1.16 bits per heavy atom. The molecule has 0 radical (unpaired) electrons. The van der Waals surface area contributed by atoms with Gasteiger partial charge < -0.3 is 4.90 Å². The fourth-order valence-corrected chi connectivity index (χ4v) is 2.28. The molecule has 0 aliphatic carbocycles. The molecule has 4 heteroatoms. The van der Waals surface area contributed by atoms with Crippen LogP contribution in [0.25, 0.3) is 0 Å². The first-order valence-electron chi connectivity index (χ1n) is 5.76. The molecule has 96 valence electrons. The van der Waals surface area contributed by atoms with Crippen LogP contribution in [0.4, 0.5) is 5.69 Å². The number of hydrogen-bond acceptors (Lipinski definition) is 2. The predicted octanol–water partition coefficient (Wildman–Crippen LogP) is 4.50. The second-order valence-corrected chi connectivity index (χ2v) is 5.06. The van der Waals surface area contributed by atoms with Crippen LogP contribution in [0.5, 0.6) is 0 Å². The zero-order valence-corrected chi connectivity index (χ0v) is 11.9. The van der Waals surface area contributed by atoms with Crippen molar-refractivity contribution in [2.45, 2.75) is 6.54 Å². The van der Waals surface area contributed by atoms with Crippen molar-refractivity contribution in [3.8, 4) is 6.07 Å². The quantitative estimate of drug-likeness (QED) is 0.832. The molecule has 2 rings (SSSR count). The Kier molecular flexibility index (Phi) is 4.31. The maximum absolute atomic E-state index is 9.11. The minimum absolute atomic E-state index is 0.595. The molecule has 0 saturated carbocycles. The lowest BCUT2D eigenvalue weighted by Crippen LogP contribution is -2.17. The zero-order chi connectivity index (χ0) is 13.8. The number of rotatable bonds is 3. The molecule has 19 heavy (non-hydrogen) atoms. The van der Waals surface area contributed by atoms with Gasteiger partial charge in [0, 0.05) is 23.6 Å². The van der Waals surface area contributed by atoms with E-state index < -0.39 is 0 Å². The van der Waals surface area contributed by atoms with E-state index in [0.29, 0.717) is 22.2 Å². The highest BCUT2D eigenvalue weighted by atomic mass is 35.5. The summed E-state index contributed by atoms with van der Waals surface area (Å²) in [7, 11) is 1.92. The molecule has 0 fully saturated rings. The summed E-state index contributed by atoms with van der Waals surface area (Å²) in [6, 6.07) is 15.0. The maximum Gasteiger partial charge on any atom is 0.101 e. The van der Waals surface area contributed by atoms with Crippen molar-refractivity contribution in [3.05, 3.63) is 63.6 Å². The molecule has 2 nitrogen and oxygen atoms in total. The molecule has 0 aromatic heterocycles. The summed E-state index contributed by atoms with van der Waals surface area (Å²) >= 11 is 12.1. The van der Waals surface area contributed by atoms with Crippen molar-refractivity contribution in [1.29, 1.82) is 5.26 Å². The van der Waals surface area contributed by atoms with Gasteiger partial charge >= 0.3 is 0 Å². The van der Waals surface area contributed by atoms with Crippen molar-refractivity contribution >= 4 is 28.9 Å². The highest BCUT2D eigenvalue weighted by Crippen LogP contribution is 2.25. The SMILES string of the molecule is CN(Cc1cc(Cl)ccc1Cl)c1ccccc1C#N. The fraction of sp³-hybridized carbons (Fsp3) is 0.133. The van der Waals surface area contributed by atoms with E-state index in [1.807, 2.05) is 36.2 Å². The van der Waals surface area contributed by atoms with Crippen LogP contribution in [0.1, 0.15) is 11.1 Å². The second kappa shape index (κ2) is 5.97. The van der Waals surface area contributed by atoms with Crippen molar-refractivity contribution in [3.63, 3.8) is 0 Å². The van der Waals surface area contributed by atoms with Crippen LogP contribution >= 0.6 is 23.2 Å². The third-order valence-corrected chi connectivity index (χ3v) is 3.45. The van der Waals surface area contributed by atoms with Gasteiger partial charge in [0.15, 0.2) is 0 Å². The van der Waals surface area contributed by atoms with E-state index in [0.717, 1.165) is 11.3 Å². The average Bonchev–Trinajstić information content (AvgIpc) is 2.42. The van der Waals surface area contributed by atoms with Gasteiger partial charge in [-0.3, -0.25) is 0 Å². The monoisotopic (exact) mass is 290 g/mol. The van der Waals surface area contributed by atoms with Gasteiger partial charge in [-0.05, 0) is 35.9 Å². The van der Waals surface area contributed by atoms with Gasteiger partial charge in [-0.2, -0.15) is 5.26 Å². The number of nitrogens with zero attached hydrogens (tertiary/aromatic N) is 2. The summed E-state index contributed by atoms with van der Waals surface area (Å²) in [5.74, 6) is 0. The fourth-order valence-electron chi connectivity index (χ4n) is 1.91. The van der Waals surface area contributed by atoms with E-state index in [-0.39, 0.29) is 0 Å². The Labute approximate surface area is 122 Å². The predicted molar refractivity (Wildman–Crippen MR) is 79.7 cm³/mol. The van der Waals surface area contributed by atoms with Crippen LogP contribution in [-0.4, -0.2) is 7.05 Å². The molecular formula is C15H12Cl2N2. The smallest absolute Gasteiger partial charge is 0.101 e. The Bertz CT molecular complexity index is 632. The van der Waals surface area contributed by atoms with E-state index in [1.165, 1.54) is 0 Å². The highest BCUT2D eigenvalue weighted by molar-refractivity contribution is 6.33. The van der Waals surface area contributed by atoms with E-state index in [9.17, 15) is 0 Å². The third kappa shape index (κ3) is 3.20. The number of para-hydroxylation sites is 1. The van der Waals surface area contributed by atoms with Crippen LogP contribution in [0.15, 0.2) is 42.5 Å². The largest absolute Gasteiger partial charge is 0.369 e. The van der Waals surface area contributed by atoms with Gasteiger partial charge in [-0.1, -0.05) is 35.3 Å². The third-order valence-electron chi connectivity index (χ3n) is 2.85. The zero-order valence-electron chi connectivity index (χ0n) is 10.4. The molecule has 0 atom stereocenters. The first kappa shape index (κ1) is 13.7. The molecule has 0 amide bonds. The van der Waals surface area contributed by atoms with Crippen LogP contribution in [0.2, 0.25) is 10.0 Å². The molecule has 0 aliphatic heterocycles. The lowest BCUT2D eigenvalue weighted by atomic mass is 10.1. The Balaban J connectivity index is 2.28. The number of hydrogen-bond donors (Lipinski definition) is 0. The molecule has 0 aliphatic rings. The molecule has 0 unspecified atom stereocenters. The normalized spacial score (nSPS) is 10.0.